The standard InChI is InChI=1S/C21H19N3O2/c1-15-18(17(13-22)20(26-15)24-11-5-6-12-24)19(25)23-14-21(9-10-21)16-7-3-2-4-8-16/h2-8,11-12H,9-10,14H2,1H3,(H,23,25). The Morgan fingerprint density at radius 3 is 2.54 bits per heavy atom. The molecule has 0 saturated heterocycles. The summed E-state index contributed by atoms with van der Waals surface area (Å²) in [6.45, 7) is 2.27. The molecule has 5 nitrogen and oxygen atoms in total. The van der Waals surface area contributed by atoms with Crippen molar-refractivity contribution in [3.8, 4) is 12.0 Å². The lowest BCUT2D eigenvalue weighted by atomic mass is 9.96. The zero-order valence-corrected chi connectivity index (χ0v) is 14.5. The molecule has 26 heavy (non-hydrogen) atoms. The Morgan fingerprint density at radius 1 is 1.23 bits per heavy atom. The van der Waals surface area contributed by atoms with E-state index >= 15 is 0 Å². The number of nitriles is 1. The van der Waals surface area contributed by atoms with Gasteiger partial charge in [-0.3, -0.25) is 9.36 Å². The molecule has 0 atom stereocenters. The first-order valence-corrected chi connectivity index (χ1v) is 8.65. The summed E-state index contributed by atoms with van der Waals surface area (Å²) in [7, 11) is 0. The van der Waals surface area contributed by atoms with Crippen molar-refractivity contribution in [2.24, 2.45) is 0 Å². The average Bonchev–Trinajstić information content (AvgIpc) is 3.11. The van der Waals surface area contributed by atoms with Crippen molar-refractivity contribution in [2.45, 2.75) is 25.2 Å². The lowest BCUT2D eigenvalue weighted by Crippen LogP contribution is -2.32. The minimum Gasteiger partial charge on any atom is -0.443 e. The van der Waals surface area contributed by atoms with Crippen LogP contribution in [-0.2, 0) is 5.41 Å². The number of hydrogen-bond donors (Lipinski definition) is 1. The van der Waals surface area contributed by atoms with Crippen LogP contribution in [0.1, 0.15) is 40.1 Å². The monoisotopic (exact) mass is 345 g/mol. The van der Waals surface area contributed by atoms with Crippen LogP contribution in [0.3, 0.4) is 0 Å². The topological polar surface area (TPSA) is 71.0 Å². The van der Waals surface area contributed by atoms with Crippen LogP contribution in [0.2, 0.25) is 0 Å². The predicted molar refractivity (Wildman–Crippen MR) is 97.2 cm³/mol. The van der Waals surface area contributed by atoms with Gasteiger partial charge in [0.2, 0.25) is 5.88 Å². The molecule has 5 heteroatoms. The molecule has 0 spiro atoms. The van der Waals surface area contributed by atoms with Gasteiger partial charge >= 0.3 is 0 Å². The Labute approximate surface area is 151 Å². The molecule has 2 aromatic heterocycles. The first-order chi connectivity index (χ1) is 12.6. The molecule has 1 saturated carbocycles. The second kappa shape index (κ2) is 6.23. The van der Waals surface area contributed by atoms with Gasteiger partial charge in [0.1, 0.15) is 23.0 Å². The van der Waals surface area contributed by atoms with Gasteiger partial charge in [0, 0.05) is 24.4 Å². The molecule has 1 amide bonds. The second-order valence-corrected chi connectivity index (χ2v) is 6.74. The largest absolute Gasteiger partial charge is 0.443 e. The minimum absolute atomic E-state index is 0.0185. The molecule has 130 valence electrons. The van der Waals surface area contributed by atoms with Gasteiger partial charge < -0.3 is 9.73 Å². The van der Waals surface area contributed by atoms with Crippen LogP contribution >= 0.6 is 0 Å². The zero-order valence-electron chi connectivity index (χ0n) is 14.5. The van der Waals surface area contributed by atoms with Gasteiger partial charge in [0.05, 0.1) is 0 Å². The fourth-order valence-electron chi connectivity index (χ4n) is 3.41. The number of aryl methyl sites for hydroxylation is 1. The molecule has 1 N–H and O–H groups in total. The van der Waals surface area contributed by atoms with Gasteiger partial charge in [-0.15, -0.1) is 0 Å². The lowest BCUT2D eigenvalue weighted by Gasteiger charge is -2.16. The molecule has 1 aromatic carbocycles. The lowest BCUT2D eigenvalue weighted by molar-refractivity contribution is 0.0948. The van der Waals surface area contributed by atoms with Crippen molar-refractivity contribution in [2.75, 3.05) is 6.54 Å². The maximum atomic E-state index is 12.8. The van der Waals surface area contributed by atoms with E-state index in [0.717, 1.165) is 12.8 Å². The van der Waals surface area contributed by atoms with Gasteiger partial charge in [-0.05, 0) is 37.5 Å². The Morgan fingerprint density at radius 2 is 1.92 bits per heavy atom. The molecule has 1 aliphatic carbocycles. The van der Waals surface area contributed by atoms with E-state index in [1.807, 2.05) is 30.3 Å². The molecule has 0 radical (unpaired) electrons. The predicted octanol–water partition coefficient (Wildman–Crippen LogP) is 3.71. The van der Waals surface area contributed by atoms with E-state index in [0.29, 0.717) is 23.8 Å². The van der Waals surface area contributed by atoms with Crippen LogP contribution in [-0.4, -0.2) is 17.0 Å². The third kappa shape index (κ3) is 2.70. The Balaban J connectivity index is 1.57. The van der Waals surface area contributed by atoms with Crippen LogP contribution < -0.4 is 5.32 Å². The highest BCUT2D eigenvalue weighted by molar-refractivity contribution is 5.98. The summed E-state index contributed by atoms with van der Waals surface area (Å²) in [6.07, 6.45) is 5.69. The molecular formula is C21H19N3O2. The van der Waals surface area contributed by atoms with E-state index in [9.17, 15) is 10.1 Å². The number of furan rings is 1. The number of amides is 1. The fraction of sp³-hybridized carbons (Fsp3) is 0.238. The molecule has 4 rings (SSSR count). The molecule has 0 unspecified atom stereocenters. The first-order valence-electron chi connectivity index (χ1n) is 8.65. The van der Waals surface area contributed by atoms with E-state index in [1.165, 1.54) is 5.56 Å². The van der Waals surface area contributed by atoms with Crippen molar-refractivity contribution in [3.05, 3.63) is 77.3 Å². The molecular weight excluding hydrogens is 326 g/mol. The van der Waals surface area contributed by atoms with Crippen molar-refractivity contribution in [1.82, 2.24) is 9.88 Å². The van der Waals surface area contributed by atoms with Gasteiger partial charge in [-0.25, -0.2) is 0 Å². The number of nitrogens with zero attached hydrogens (tertiary/aromatic N) is 2. The number of hydrogen-bond acceptors (Lipinski definition) is 3. The smallest absolute Gasteiger partial charge is 0.256 e. The van der Waals surface area contributed by atoms with Crippen LogP contribution in [0.25, 0.3) is 5.88 Å². The summed E-state index contributed by atoms with van der Waals surface area (Å²) in [5.74, 6) is 0.570. The van der Waals surface area contributed by atoms with E-state index in [4.69, 9.17) is 4.42 Å². The van der Waals surface area contributed by atoms with Crippen LogP contribution in [0.4, 0.5) is 0 Å². The third-order valence-corrected chi connectivity index (χ3v) is 5.07. The summed E-state index contributed by atoms with van der Waals surface area (Å²) in [4.78, 5) is 12.8. The second-order valence-electron chi connectivity index (χ2n) is 6.74. The molecule has 2 heterocycles. The molecule has 0 aliphatic heterocycles. The number of rotatable bonds is 5. The van der Waals surface area contributed by atoms with E-state index in [2.05, 4.69) is 23.5 Å². The Bertz CT molecular complexity index is 974. The van der Waals surface area contributed by atoms with E-state index in [-0.39, 0.29) is 16.9 Å². The molecule has 0 bridgehead atoms. The van der Waals surface area contributed by atoms with Gasteiger partial charge in [-0.2, -0.15) is 5.26 Å². The summed E-state index contributed by atoms with van der Waals surface area (Å²) < 4.78 is 7.42. The molecule has 1 fully saturated rings. The third-order valence-electron chi connectivity index (χ3n) is 5.07. The maximum absolute atomic E-state index is 12.8. The number of carbonyl (C=O) groups excluding carboxylic acids is 1. The quantitative estimate of drug-likeness (QED) is 0.766. The number of aromatic nitrogens is 1. The van der Waals surface area contributed by atoms with Crippen LogP contribution in [0.5, 0.6) is 0 Å². The zero-order chi connectivity index (χ0) is 18.1. The fourth-order valence-corrected chi connectivity index (χ4v) is 3.41. The summed E-state index contributed by atoms with van der Waals surface area (Å²) >= 11 is 0. The van der Waals surface area contributed by atoms with E-state index < -0.39 is 0 Å². The maximum Gasteiger partial charge on any atom is 0.256 e. The van der Waals surface area contributed by atoms with Crippen LogP contribution in [0, 0.1) is 18.3 Å². The highest BCUT2D eigenvalue weighted by Gasteiger charge is 2.44. The van der Waals surface area contributed by atoms with Crippen molar-refractivity contribution < 1.29 is 9.21 Å². The first kappa shape index (κ1) is 16.2. The minimum atomic E-state index is -0.261. The molecule has 1 aliphatic rings. The summed E-state index contributed by atoms with van der Waals surface area (Å²) in [6, 6.07) is 16.1. The highest BCUT2D eigenvalue weighted by Crippen LogP contribution is 2.47. The number of benzene rings is 1. The van der Waals surface area contributed by atoms with Crippen molar-refractivity contribution >= 4 is 5.91 Å². The van der Waals surface area contributed by atoms with Crippen molar-refractivity contribution in [1.29, 1.82) is 5.26 Å². The normalized spacial score (nSPS) is 14.6. The summed E-state index contributed by atoms with van der Waals surface area (Å²) in [5, 5.41) is 12.6. The number of carbonyl (C=O) groups is 1. The van der Waals surface area contributed by atoms with E-state index in [1.54, 1.807) is 23.9 Å². The average molecular weight is 345 g/mol. The van der Waals surface area contributed by atoms with Gasteiger partial charge in [0.15, 0.2) is 0 Å². The highest BCUT2D eigenvalue weighted by atomic mass is 16.4. The van der Waals surface area contributed by atoms with Gasteiger partial charge in [-0.1, -0.05) is 30.3 Å². The van der Waals surface area contributed by atoms with Crippen molar-refractivity contribution in [3.63, 3.8) is 0 Å². The summed E-state index contributed by atoms with van der Waals surface area (Å²) in [5.41, 5.74) is 1.85. The van der Waals surface area contributed by atoms with Gasteiger partial charge in [0.25, 0.3) is 5.91 Å². The Hall–Kier alpha value is -3.26. The Kier molecular flexibility index (Phi) is 3.89. The van der Waals surface area contributed by atoms with Crippen LogP contribution in [0.15, 0.2) is 59.3 Å². The SMILES string of the molecule is Cc1oc(-n2cccc2)c(C#N)c1C(=O)NCC1(c2ccccc2)CC1. The number of nitrogens with one attached hydrogen (secondary N) is 1. The molecule has 3 aromatic rings.